The average molecular weight is 228 g/mol. The van der Waals surface area contributed by atoms with Crippen LogP contribution in [0.2, 0.25) is 0 Å². The normalized spacial score (nSPS) is 18.9. The highest BCUT2D eigenvalue weighted by Crippen LogP contribution is 2.11. The smallest absolute Gasteiger partial charge is 0.328 e. The van der Waals surface area contributed by atoms with E-state index >= 15 is 0 Å². The third kappa shape index (κ3) is 3.81. The lowest BCUT2D eigenvalue weighted by atomic mass is 9.97. The van der Waals surface area contributed by atoms with E-state index in [4.69, 9.17) is 4.74 Å². The molecular formula is C11H20N2O3. The maximum atomic E-state index is 11.8. The minimum atomic E-state index is -0.553. The first-order valence-electron chi connectivity index (χ1n) is 5.83. The zero-order valence-corrected chi connectivity index (χ0v) is 9.91. The highest BCUT2D eigenvalue weighted by molar-refractivity contribution is 5.85. The molecule has 5 heteroatoms. The molecule has 92 valence electrons. The van der Waals surface area contributed by atoms with Crippen molar-refractivity contribution in [3.63, 3.8) is 0 Å². The van der Waals surface area contributed by atoms with Crippen LogP contribution in [0.4, 0.5) is 0 Å². The monoisotopic (exact) mass is 228 g/mol. The highest BCUT2D eigenvalue weighted by atomic mass is 16.5. The summed E-state index contributed by atoms with van der Waals surface area (Å²) in [5.41, 5.74) is 0. The minimum Gasteiger partial charge on any atom is -0.464 e. The molecule has 5 nitrogen and oxygen atoms in total. The molecule has 0 aromatic heterocycles. The molecule has 1 atom stereocenters. The number of esters is 1. The van der Waals surface area contributed by atoms with Crippen LogP contribution in [0.3, 0.4) is 0 Å². The molecule has 16 heavy (non-hydrogen) atoms. The number of carbonyl (C=O) groups excluding carboxylic acids is 2. The van der Waals surface area contributed by atoms with Crippen molar-refractivity contribution in [2.75, 3.05) is 19.7 Å². The van der Waals surface area contributed by atoms with Crippen molar-refractivity contribution < 1.29 is 14.3 Å². The summed E-state index contributed by atoms with van der Waals surface area (Å²) in [5.74, 6) is -0.384. The average Bonchev–Trinajstić information content (AvgIpc) is 2.30. The summed E-state index contributed by atoms with van der Waals surface area (Å²) in [6.07, 6.45) is 1.67. The van der Waals surface area contributed by atoms with Crippen LogP contribution in [0.5, 0.6) is 0 Å². The molecule has 1 amide bonds. The lowest BCUT2D eigenvalue weighted by Crippen LogP contribution is -2.45. The van der Waals surface area contributed by atoms with Gasteiger partial charge in [0.2, 0.25) is 5.91 Å². The molecule has 1 fully saturated rings. The molecule has 1 rings (SSSR count). The van der Waals surface area contributed by atoms with Gasteiger partial charge < -0.3 is 15.4 Å². The number of piperidine rings is 1. The van der Waals surface area contributed by atoms with Gasteiger partial charge >= 0.3 is 5.97 Å². The number of hydrogen-bond acceptors (Lipinski definition) is 4. The fourth-order valence-corrected chi connectivity index (χ4v) is 1.74. The third-order valence-corrected chi connectivity index (χ3v) is 2.71. The van der Waals surface area contributed by atoms with Crippen molar-refractivity contribution in [1.29, 1.82) is 0 Å². The van der Waals surface area contributed by atoms with E-state index in [1.165, 1.54) is 0 Å². The summed E-state index contributed by atoms with van der Waals surface area (Å²) in [5, 5.41) is 5.89. The van der Waals surface area contributed by atoms with Crippen molar-refractivity contribution in [2.45, 2.75) is 32.7 Å². The van der Waals surface area contributed by atoms with Gasteiger partial charge in [-0.15, -0.1) is 0 Å². The molecule has 0 aromatic rings. The Bertz CT molecular complexity index is 250. The van der Waals surface area contributed by atoms with Crippen LogP contribution in [0.25, 0.3) is 0 Å². The maximum absolute atomic E-state index is 11.8. The van der Waals surface area contributed by atoms with Gasteiger partial charge in [-0.2, -0.15) is 0 Å². The van der Waals surface area contributed by atoms with Crippen LogP contribution in [0, 0.1) is 5.92 Å². The molecule has 1 aliphatic heterocycles. The largest absolute Gasteiger partial charge is 0.464 e. The summed E-state index contributed by atoms with van der Waals surface area (Å²) in [6, 6.07) is -0.553. The van der Waals surface area contributed by atoms with Crippen molar-refractivity contribution in [2.24, 2.45) is 5.92 Å². The lowest BCUT2D eigenvalue weighted by Gasteiger charge is -2.23. The fourth-order valence-electron chi connectivity index (χ4n) is 1.74. The number of hydrogen-bond donors (Lipinski definition) is 2. The Kier molecular flexibility index (Phi) is 5.25. The maximum Gasteiger partial charge on any atom is 0.328 e. The Morgan fingerprint density at radius 3 is 2.62 bits per heavy atom. The van der Waals surface area contributed by atoms with E-state index in [0.717, 1.165) is 25.9 Å². The van der Waals surface area contributed by atoms with Gasteiger partial charge in [-0.05, 0) is 39.8 Å². The van der Waals surface area contributed by atoms with Crippen LogP contribution in [-0.4, -0.2) is 37.6 Å². The lowest BCUT2D eigenvalue weighted by molar-refractivity contribution is -0.147. The van der Waals surface area contributed by atoms with E-state index < -0.39 is 6.04 Å². The second-order valence-electron chi connectivity index (χ2n) is 4.01. The molecule has 0 radical (unpaired) electrons. The van der Waals surface area contributed by atoms with Crippen LogP contribution >= 0.6 is 0 Å². The fraction of sp³-hybridized carbons (Fsp3) is 0.818. The molecule has 1 saturated heterocycles. The van der Waals surface area contributed by atoms with E-state index in [9.17, 15) is 9.59 Å². The summed E-state index contributed by atoms with van der Waals surface area (Å²) in [4.78, 5) is 23.1. The summed E-state index contributed by atoms with van der Waals surface area (Å²) in [7, 11) is 0. The molecule has 0 spiro atoms. The Hall–Kier alpha value is -1.10. The van der Waals surface area contributed by atoms with Gasteiger partial charge in [-0.1, -0.05) is 0 Å². The van der Waals surface area contributed by atoms with Gasteiger partial charge in [0.1, 0.15) is 6.04 Å². The molecule has 0 aromatic carbocycles. The molecular weight excluding hydrogens is 208 g/mol. The zero-order valence-electron chi connectivity index (χ0n) is 9.91. The minimum absolute atomic E-state index is 0.0260. The van der Waals surface area contributed by atoms with E-state index in [2.05, 4.69) is 10.6 Å². The van der Waals surface area contributed by atoms with Gasteiger partial charge in [0.15, 0.2) is 0 Å². The van der Waals surface area contributed by atoms with Crippen molar-refractivity contribution in [1.82, 2.24) is 10.6 Å². The van der Waals surface area contributed by atoms with Crippen LogP contribution < -0.4 is 10.6 Å². The predicted octanol–water partition coefficient (Wildman–Crippen LogP) is 0.0538. The van der Waals surface area contributed by atoms with Crippen molar-refractivity contribution >= 4 is 11.9 Å². The Morgan fingerprint density at radius 2 is 2.06 bits per heavy atom. The molecule has 1 unspecified atom stereocenters. The van der Waals surface area contributed by atoms with Crippen LogP contribution in [-0.2, 0) is 14.3 Å². The zero-order chi connectivity index (χ0) is 12.0. The van der Waals surface area contributed by atoms with E-state index in [1.807, 2.05) is 0 Å². The summed E-state index contributed by atoms with van der Waals surface area (Å²) >= 11 is 0. The first-order chi connectivity index (χ1) is 7.65. The summed E-state index contributed by atoms with van der Waals surface area (Å²) < 4.78 is 4.83. The number of nitrogens with one attached hydrogen (secondary N) is 2. The molecule has 0 saturated carbocycles. The molecule has 1 heterocycles. The number of ether oxygens (including phenoxy) is 1. The van der Waals surface area contributed by atoms with Gasteiger partial charge in [-0.3, -0.25) is 4.79 Å². The standard InChI is InChI=1S/C11H20N2O3/c1-3-16-11(15)8(2)13-10(14)9-4-6-12-7-5-9/h8-9,12H,3-7H2,1-2H3,(H,13,14). The van der Waals surface area contributed by atoms with Crippen molar-refractivity contribution in [3.8, 4) is 0 Å². The molecule has 2 N–H and O–H groups in total. The Labute approximate surface area is 95.9 Å². The van der Waals surface area contributed by atoms with Crippen LogP contribution in [0.1, 0.15) is 26.7 Å². The molecule has 1 aliphatic rings. The van der Waals surface area contributed by atoms with Gasteiger partial charge in [0.25, 0.3) is 0 Å². The van der Waals surface area contributed by atoms with Gasteiger partial charge in [-0.25, -0.2) is 4.79 Å². The number of amides is 1. The SMILES string of the molecule is CCOC(=O)C(C)NC(=O)C1CCNCC1. The van der Waals surface area contributed by atoms with E-state index in [-0.39, 0.29) is 17.8 Å². The second-order valence-corrected chi connectivity index (χ2v) is 4.01. The second kappa shape index (κ2) is 6.48. The quantitative estimate of drug-likeness (QED) is 0.667. The van der Waals surface area contributed by atoms with Crippen molar-refractivity contribution in [3.05, 3.63) is 0 Å². The Balaban J connectivity index is 2.34. The first kappa shape index (κ1) is 13.0. The van der Waals surface area contributed by atoms with Gasteiger partial charge in [0.05, 0.1) is 6.61 Å². The first-order valence-corrected chi connectivity index (χ1v) is 5.83. The van der Waals surface area contributed by atoms with E-state index in [0.29, 0.717) is 6.61 Å². The topological polar surface area (TPSA) is 67.4 Å². The Morgan fingerprint density at radius 1 is 1.44 bits per heavy atom. The summed E-state index contributed by atoms with van der Waals surface area (Å²) in [6.45, 7) is 5.47. The molecule has 0 aliphatic carbocycles. The third-order valence-electron chi connectivity index (χ3n) is 2.71. The molecule has 0 bridgehead atoms. The number of carbonyl (C=O) groups is 2. The highest BCUT2D eigenvalue weighted by Gasteiger charge is 2.24. The van der Waals surface area contributed by atoms with Gasteiger partial charge in [0, 0.05) is 5.92 Å². The predicted molar refractivity (Wildman–Crippen MR) is 59.8 cm³/mol. The van der Waals surface area contributed by atoms with E-state index in [1.54, 1.807) is 13.8 Å². The number of rotatable bonds is 4. The van der Waals surface area contributed by atoms with Crippen LogP contribution in [0.15, 0.2) is 0 Å².